The number of amides is 1. The average Bonchev–Trinajstić information content (AvgIpc) is 2.78. The predicted octanol–water partition coefficient (Wildman–Crippen LogP) is 3.86. The van der Waals surface area contributed by atoms with Crippen LogP contribution < -0.4 is 0 Å². The Morgan fingerprint density at radius 3 is 2.31 bits per heavy atom. The van der Waals surface area contributed by atoms with Crippen LogP contribution in [-0.2, 0) is 16.6 Å². The molecule has 1 saturated heterocycles. The molecule has 0 spiro atoms. The van der Waals surface area contributed by atoms with E-state index in [1.165, 1.54) is 28.6 Å². The Morgan fingerprint density at radius 1 is 1.03 bits per heavy atom. The number of benzene rings is 2. The molecule has 0 bridgehead atoms. The normalized spacial score (nSPS) is 15.2. The molecule has 1 aliphatic heterocycles. The van der Waals surface area contributed by atoms with Gasteiger partial charge in [-0.2, -0.15) is 4.31 Å². The van der Waals surface area contributed by atoms with Gasteiger partial charge in [0.25, 0.3) is 5.91 Å². The lowest BCUT2D eigenvalue weighted by Crippen LogP contribution is -2.37. The van der Waals surface area contributed by atoms with E-state index < -0.39 is 10.0 Å². The summed E-state index contributed by atoms with van der Waals surface area (Å²) in [5.41, 5.74) is 1.04. The van der Waals surface area contributed by atoms with E-state index >= 15 is 0 Å². The van der Waals surface area contributed by atoms with Gasteiger partial charge in [0.05, 0.1) is 5.02 Å². The van der Waals surface area contributed by atoms with Gasteiger partial charge in [0, 0.05) is 38.3 Å². The van der Waals surface area contributed by atoms with Gasteiger partial charge >= 0.3 is 0 Å². The summed E-state index contributed by atoms with van der Waals surface area (Å²) in [6, 6.07) is 10.4. The molecule has 1 heterocycles. The van der Waals surface area contributed by atoms with Gasteiger partial charge in [-0.15, -0.1) is 0 Å². The second-order valence-electron chi connectivity index (χ2n) is 8.27. The summed E-state index contributed by atoms with van der Waals surface area (Å²) < 4.78 is 41.1. The van der Waals surface area contributed by atoms with Gasteiger partial charge in [-0.05, 0) is 62.8 Å². The van der Waals surface area contributed by atoms with E-state index in [9.17, 15) is 17.6 Å². The highest BCUT2D eigenvalue weighted by molar-refractivity contribution is 7.89. The lowest BCUT2D eigenvalue weighted by atomic mass is 10.1. The Morgan fingerprint density at radius 2 is 1.69 bits per heavy atom. The van der Waals surface area contributed by atoms with Crippen molar-refractivity contribution in [3.63, 3.8) is 0 Å². The van der Waals surface area contributed by atoms with Crippen LogP contribution in [0.2, 0.25) is 5.02 Å². The highest BCUT2D eigenvalue weighted by Gasteiger charge is 2.29. The number of piperidine rings is 1. The topological polar surface area (TPSA) is 60.9 Å². The molecular formula is C23H29ClFN3O3S. The summed E-state index contributed by atoms with van der Waals surface area (Å²) in [5, 5.41) is 0.102. The van der Waals surface area contributed by atoms with Crippen LogP contribution in [0.5, 0.6) is 0 Å². The minimum absolute atomic E-state index is 0.0405. The van der Waals surface area contributed by atoms with Crippen molar-refractivity contribution in [1.82, 2.24) is 14.1 Å². The molecule has 3 rings (SSSR count). The fraction of sp³-hybridized carbons (Fsp3) is 0.435. The molecule has 0 aromatic heterocycles. The molecule has 174 valence electrons. The average molecular weight is 482 g/mol. The van der Waals surface area contributed by atoms with E-state index in [-0.39, 0.29) is 33.8 Å². The lowest BCUT2D eigenvalue weighted by Gasteiger charge is -2.27. The maximum atomic E-state index is 13.4. The molecule has 0 unspecified atom stereocenters. The van der Waals surface area contributed by atoms with Crippen LogP contribution in [0.15, 0.2) is 47.4 Å². The van der Waals surface area contributed by atoms with Crippen LogP contribution in [0.3, 0.4) is 0 Å². The van der Waals surface area contributed by atoms with E-state index in [0.717, 1.165) is 24.8 Å². The zero-order chi connectivity index (χ0) is 23.3. The van der Waals surface area contributed by atoms with E-state index in [1.807, 2.05) is 19.0 Å². The zero-order valence-corrected chi connectivity index (χ0v) is 20.0. The third-order valence-electron chi connectivity index (χ3n) is 5.50. The predicted molar refractivity (Wildman–Crippen MR) is 124 cm³/mol. The van der Waals surface area contributed by atoms with Gasteiger partial charge in [-0.25, -0.2) is 12.8 Å². The third kappa shape index (κ3) is 6.07. The molecule has 0 aliphatic carbocycles. The fourth-order valence-corrected chi connectivity index (χ4v) is 5.66. The molecule has 9 heteroatoms. The molecule has 0 saturated carbocycles. The number of sulfonamides is 1. The van der Waals surface area contributed by atoms with Crippen molar-refractivity contribution in [2.45, 2.75) is 30.7 Å². The summed E-state index contributed by atoms with van der Waals surface area (Å²) in [6.07, 6.45) is 2.62. The first-order chi connectivity index (χ1) is 15.2. The minimum Gasteiger partial charge on any atom is -0.333 e. The first-order valence-corrected chi connectivity index (χ1v) is 12.5. The number of hydrogen-bond donors (Lipinski definition) is 0. The van der Waals surface area contributed by atoms with E-state index in [2.05, 4.69) is 0 Å². The molecule has 0 radical (unpaired) electrons. The maximum absolute atomic E-state index is 13.4. The van der Waals surface area contributed by atoms with Crippen LogP contribution in [0, 0.1) is 5.82 Å². The van der Waals surface area contributed by atoms with Crippen molar-refractivity contribution >= 4 is 27.5 Å². The van der Waals surface area contributed by atoms with Crippen molar-refractivity contribution in [3.05, 3.63) is 64.4 Å². The van der Waals surface area contributed by atoms with E-state index in [4.69, 9.17) is 11.6 Å². The van der Waals surface area contributed by atoms with Gasteiger partial charge in [-0.3, -0.25) is 4.79 Å². The zero-order valence-electron chi connectivity index (χ0n) is 18.4. The summed E-state index contributed by atoms with van der Waals surface area (Å²) in [6.45, 7) is 2.25. The minimum atomic E-state index is -3.78. The smallest absolute Gasteiger partial charge is 0.254 e. The highest BCUT2D eigenvalue weighted by Crippen LogP contribution is 2.28. The third-order valence-corrected chi connectivity index (χ3v) is 7.88. The summed E-state index contributed by atoms with van der Waals surface area (Å²) in [5.74, 6) is -0.645. The Balaban J connectivity index is 1.89. The van der Waals surface area contributed by atoms with Crippen molar-refractivity contribution in [2.24, 2.45) is 0 Å². The SMILES string of the molecule is CN(C)CCN(Cc1ccc(F)cc1)C(=O)c1ccc(Cl)c(S(=O)(=O)N2CCCCC2)c1. The van der Waals surface area contributed by atoms with Crippen LogP contribution in [0.1, 0.15) is 35.2 Å². The molecule has 0 atom stereocenters. The van der Waals surface area contributed by atoms with Gasteiger partial charge in [0.2, 0.25) is 10.0 Å². The van der Waals surface area contributed by atoms with Crippen LogP contribution in [0.25, 0.3) is 0 Å². The Bertz CT molecular complexity index is 1040. The molecule has 1 aliphatic rings. The van der Waals surface area contributed by atoms with E-state index in [1.54, 1.807) is 23.1 Å². The largest absolute Gasteiger partial charge is 0.333 e. The standard InChI is InChI=1S/C23H29ClFN3O3S/c1-26(2)14-15-27(17-18-6-9-20(25)10-7-18)23(29)19-8-11-21(24)22(16-19)32(30,31)28-12-4-3-5-13-28/h6-11,16H,3-5,12-15,17H2,1-2H3. The fourth-order valence-electron chi connectivity index (χ4n) is 3.64. The van der Waals surface area contributed by atoms with Crippen molar-refractivity contribution in [2.75, 3.05) is 40.3 Å². The molecular weight excluding hydrogens is 453 g/mol. The van der Waals surface area contributed by atoms with Crippen molar-refractivity contribution < 1.29 is 17.6 Å². The summed E-state index contributed by atoms with van der Waals surface area (Å²) >= 11 is 6.26. The van der Waals surface area contributed by atoms with Crippen LogP contribution in [-0.4, -0.2) is 68.7 Å². The number of carbonyl (C=O) groups is 1. The second-order valence-corrected chi connectivity index (χ2v) is 10.6. The van der Waals surface area contributed by atoms with Gasteiger partial charge in [-0.1, -0.05) is 30.2 Å². The number of rotatable bonds is 8. The molecule has 0 N–H and O–H groups in total. The Hall–Kier alpha value is -2.00. The lowest BCUT2D eigenvalue weighted by molar-refractivity contribution is 0.0731. The number of nitrogens with zero attached hydrogens (tertiary/aromatic N) is 3. The van der Waals surface area contributed by atoms with Gasteiger partial charge in [0.15, 0.2) is 0 Å². The summed E-state index contributed by atoms with van der Waals surface area (Å²) in [4.78, 5) is 16.9. The number of carbonyl (C=O) groups excluding carboxylic acids is 1. The van der Waals surface area contributed by atoms with Crippen LogP contribution in [0.4, 0.5) is 4.39 Å². The number of halogens is 2. The maximum Gasteiger partial charge on any atom is 0.254 e. The Kier molecular flexibility index (Phi) is 8.27. The molecule has 2 aromatic carbocycles. The van der Waals surface area contributed by atoms with Crippen LogP contribution >= 0.6 is 11.6 Å². The summed E-state index contributed by atoms with van der Waals surface area (Å²) in [7, 11) is 0.0347. The molecule has 1 fully saturated rings. The highest BCUT2D eigenvalue weighted by atomic mass is 35.5. The quantitative estimate of drug-likeness (QED) is 0.574. The van der Waals surface area contributed by atoms with Gasteiger partial charge in [0.1, 0.15) is 10.7 Å². The van der Waals surface area contributed by atoms with Crippen molar-refractivity contribution in [1.29, 1.82) is 0 Å². The monoisotopic (exact) mass is 481 g/mol. The molecule has 1 amide bonds. The Labute approximate surface area is 194 Å². The second kappa shape index (κ2) is 10.7. The van der Waals surface area contributed by atoms with E-state index in [0.29, 0.717) is 26.2 Å². The van der Waals surface area contributed by atoms with Crippen molar-refractivity contribution in [3.8, 4) is 0 Å². The number of likely N-dealkylation sites (N-methyl/N-ethyl adjacent to an activating group) is 1. The molecule has 32 heavy (non-hydrogen) atoms. The number of hydrogen-bond acceptors (Lipinski definition) is 4. The first kappa shape index (κ1) is 24.6. The molecule has 6 nitrogen and oxygen atoms in total. The van der Waals surface area contributed by atoms with Gasteiger partial charge < -0.3 is 9.80 Å². The first-order valence-electron chi connectivity index (χ1n) is 10.7. The molecule has 2 aromatic rings.